The summed E-state index contributed by atoms with van der Waals surface area (Å²) in [6.07, 6.45) is 0. The van der Waals surface area contributed by atoms with E-state index in [1.807, 2.05) is 12.1 Å². The number of hydrogen-bond donors (Lipinski definition) is 1. The van der Waals surface area contributed by atoms with Crippen molar-refractivity contribution in [2.24, 2.45) is 5.73 Å². The van der Waals surface area contributed by atoms with Gasteiger partial charge in [0.1, 0.15) is 28.9 Å². The maximum Gasteiger partial charge on any atom is 0.343 e. The van der Waals surface area contributed by atoms with Crippen molar-refractivity contribution in [3.05, 3.63) is 88.8 Å². The van der Waals surface area contributed by atoms with E-state index in [0.717, 1.165) is 0 Å². The molecule has 1 aliphatic rings. The number of benzene rings is 3. The quantitative estimate of drug-likeness (QED) is 0.433. The first-order valence-corrected chi connectivity index (χ1v) is 10.3. The van der Waals surface area contributed by atoms with Crippen LogP contribution in [0.25, 0.3) is 0 Å². The van der Waals surface area contributed by atoms with Crippen LogP contribution in [0.2, 0.25) is 0 Å². The fraction of sp³-hybridized carbons (Fsp3) is 0.154. The van der Waals surface area contributed by atoms with Gasteiger partial charge in [0.05, 0.1) is 32.8 Å². The first-order valence-electron chi connectivity index (χ1n) is 10.3. The molecule has 0 saturated heterocycles. The molecular formula is C26H22N2O6. The van der Waals surface area contributed by atoms with Crippen molar-refractivity contribution >= 4 is 5.97 Å². The molecule has 1 heterocycles. The van der Waals surface area contributed by atoms with Crippen LogP contribution in [0.1, 0.15) is 27.4 Å². The van der Waals surface area contributed by atoms with Gasteiger partial charge in [0.2, 0.25) is 5.88 Å². The standard InChI is InChI=1S/C26H22N2O6/c1-30-16-9-7-15(8-10-16)26(29)33-17-11-12-18-22(13-17)34-25(28)20(14-27)23(18)19-5-4-6-21(31-2)24(19)32-3/h4-13,23H,28H2,1-3H3. The number of methoxy groups -OCH3 is 3. The Labute approximate surface area is 196 Å². The van der Waals surface area contributed by atoms with E-state index in [4.69, 9.17) is 29.4 Å². The third-order valence-electron chi connectivity index (χ3n) is 5.47. The van der Waals surface area contributed by atoms with Crippen molar-refractivity contribution in [1.29, 1.82) is 5.26 Å². The minimum absolute atomic E-state index is 0.0384. The van der Waals surface area contributed by atoms with Gasteiger partial charge in [0, 0.05) is 17.2 Å². The van der Waals surface area contributed by atoms with Crippen molar-refractivity contribution in [3.63, 3.8) is 0 Å². The van der Waals surface area contributed by atoms with Crippen molar-refractivity contribution < 1.29 is 28.5 Å². The van der Waals surface area contributed by atoms with E-state index in [0.29, 0.717) is 39.7 Å². The van der Waals surface area contributed by atoms with Gasteiger partial charge in [0.25, 0.3) is 0 Å². The lowest BCUT2D eigenvalue weighted by molar-refractivity contribution is 0.0734. The second-order valence-corrected chi connectivity index (χ2v) is 7.33. The van der Waals surface area contributed by atoms with Crippen molar-refractivity contribution in [1.82, 2.24) is 0 Å². The second kappa shape index (κ2) is 9.46. The lowest BCUT2D eigenvalue weighted by Gasteiger charge is -2.28. The number of nitrogens with zero attached hydrogens (tertiary/aromatic N) is 1. The molecule has 0 fully saturated rings. The number of esters is 1. The lowest BCUT2D eigenvalue weighted by atomic mass is 9.83. The Kier molecular flexibility index (Phi) is 6.28. The number of nitriles is 1. The zero-order valence-corrected chi connectivity index (χ0v) is 18.8. The average molecular weight is 458 g/mol. The summed E-state index contributed by atoms with van der Waals surface area (Å²) in [4.78, 5) is 12.6. The normalized spacial score (nSPS) is 14.4. The van der Waals surface area contributed by atoms with Crippen molar-refractivity contribution in [2.45, 2.75) is 5.92 Å². The van der Waals surface area contributed by atoms with Crippen LogP contribution in [0.4, 0.5) is 0 Å². The highest BCUT2D eigenvalue weighted by atomic mass is 16.5. The molecule has 0 bridgehead atoms. The van der Waals surface area contributed by atoms with Crippen molar-refractivity contribution in [2.75, 3.05) is 21.3 Å². The van der Waals surface area contributed by atoms with Gasteiger partial charge in [-0.05, 0) is 36.4 Å². The lowest BCUT2D eigenvalue weighted by Crippen LogP contribution is -2.21. The number of ether oxygens (including phenoxy) is 5. The number of fused-ring (bicyclic) bond motifs is 1. The highest BCUT2D eigenvalue weighted by Crippen LogP contribution is 2.47. The second-order valence-electron chi connectivity index (χ2n) is 7.33. The van der Waals surface area contributed by atoms with Gasteiger partial charge in [0.15, 0.2) is 11.5 Å². The first-order chi connectivity index (χ1) is 16.5. The van der Waals surface area contributed by atoms with Crippen LogP contribution >= 0.6 is 0 Å². The van der Waals surface area contributed by atoms with Gasteiger partial charge >= 0.3 is 5.97 Å². The molecule has 2 N–H and O–H groups in total. The number of carbonyl (C=O) groups is 1. The molecule has 8 heteroatoms. The molecule has 1 unspecified atom stereocenters. The first kappa shape index (κ1) is 22.6. The summed E-state index contributed by atoms with van der Waals surface area (Å²) in [5.41, 5.74) is 8.07. The van der Waals surface area contributed by atoms with Crippen LogP contribution in [0.3, 0.4) is 0 Å². The fourth-order valence-electron chi connectivity index (χ4n) is 3.85. The number of nitrogens with two attached hydrogens (primary N) is 1. The summed E-state index contributed by atoms with van der Waals surface area (Å²) in [5, 5.41) is 9.83. The molecule has 0 radical (unpaired) electrons. The highest BCUT2D eigenvalue weighted by molar-refractivity contribution is 5.91. The number of carbonyl (C=O) groups excluding carboxylic acids is 1. The summed E-state index contributed by atoms with van der Waals surface area (Å²) in [6.45, 7) is 0. The van der Waals surface area contributed by atoms with E-state index in [1.165, 1.54) is 7.11 Å². The van der Waals surface area contributed by atoms with Gasteiger partial charge in [-0.15, -0.1) is 0 Å². The highest BCUT2D eigenvalue weighted by Gasteiger charge is 2.33. The minimum atomic E-state index is -0.565. The number of rotatable bonds is 6. The van der Waals surface area contributed by atoms with E-state index in [9.17, 15) is 10.1 Å². The van der Waals surface area contributed by atoms with E-state index in [2.05, 4.69) is 6.07 Å². The molecule has 0 spiro atoms. The summed E-state index contributed by atoms with van der Waals surface area (Å²) < 4.78 is 27.4. The van der Waals surface area contributed by atoms with Crippen LogP contribution in [0.5, 0.6) is 28.7 Å². The third-order valence-corrected chi connectivity index (χ3v) is 5.47. The number of hydrogen-bond acceptors (Lipinski definition) is 8. The Morgan fingerprint density at radius 3 is 2.32 bits per heavy atom. The molecule has 34 heavy (non-hydrogen) atoms. The molecule has 8 nitrogen and oxygen atoms in total. The predicted molar refractivity (Wildman–Crippen MR) is 123 cm³/mol. The monoisotopic (exact) mass is 458 g/mol. The molecule has 0 aliphatic carbocycles. The van der Waals surface area contributed by atoms with Crippen LogP contribution in [0, 0.1) is 11.3 Å². The molecule has 172 valence electrons. The van der Waals surface area contributed by atoms with Crippen LogP contribution in [-0.2, 0) is 0 Å². The zero-order chi connectivity index (χ0) is 24.2. The zero-order valence-electron chi connectivity index (χ0n) is 18.8. The Bertz CT molecular complexity index is 1310. The number of para-hydroxylation sites is 1. The maximum absolute atomic E-state index is 12.6. The summed E-state index contributed by atoms with van der Waals surface area (Å²) in [5.74, 6) is 1.13. The molecule has 3 aromatic rings. The van der Waals surface area contributed by atoms with Gasteiger partial charge < -0.3 is 29.4 Å². The predicted octanol–water partition coefficient (Wildman–Crippen LogP) is 4.15. The Hall–Kier alpha value is -4.64. The average Bonchev–Trinajstić information content (AvgIpc) is 2.87. The van der Waals surface area contributed by atoms with Gasteiger partial charge in [-0.2, -0.15) is 5.26 Å². The summed E-state index contributed by atoms with van der Waals surface area (Å²) >= 11 is 0. The van der Waals surface area contributed by atoms with E-state index in [-0.39, 0.29) is 17.2 Å². The molecule has 0 aromatic heterocycles. The topological polar surface area (TPSA) is 113 Å². The van der Waals surface area contributed by atoms with Crippen molar-refractivity contribution in [3.8, 4) is 34.8 Å². The van der Waals surface area contributed by atoms with Gasteiger partial charge in [-0.25, -0.2) is 4.79 Å². The van der Waals surface area contributed by atoms with E-state index >= 15 is 0 Å². The molecule has 1 aliphatic heterocycles. The fourth-order valence-corrected chi connectivity index (χ4v) is 3.85. The molecule has 1 atom stereocenters. The minimum Gasteiger partial charge on any atom is -0.497 e. The largest absolute Gasteiger partial charge is 0.497 e. The smallest absolute Gasteiger partial charge is 0.343 e. The third kappa shape index (κ3) is 4.07. The molecule has 4 rings (SSSR count). The summed E-state index contributed by atoms with van der Waals surface area (Å²) in [7, 11) is 4.62. The van der Waals surface area contributed by atoms with Crippen LogP contribution in [0.15, 0.2) is 72.1 Å². The maximum atomic E-state index is 12.6. The molecule has 0 saturated carbocycles. The Morgan fingerprint density at radius 2 is 1.68 bits per heavy atom. The SMILES string of the molecule is COc1ccc(C(=O)Oc2ccc3c(c2)OC(N)=C(C#N)C3c2cccc(OC)c2OC)cc1. The molecule has 0 amide bonds. The van der Waals surface area contributed by atoms with Gasteiger partial charge in [-0.1, -0.05) is 18.2 Å². The van der Waals surface area contributed by atoms with E-state index in [1.54, 1.807) is 62.8 Å². The van der Waals surface area contributed by atoms with Crippen LogP contribution < -0.4 is 29.4 Å². The van der Waals surface area contributed by atoms with Crippen LogP contribution in [-0.4, -0.2) is 27.3 Å². The Balaban J connectivity index is 1.72. The Morgan fingerprint density at radius 1 is 0.941 bits per heavy atom. The number of allylic oxidation sites excluding steroid dienone is 1. The van der Waals surface area contributed by atoms with Gasteiger partial charge in [-0.3, -0.25) is 0 Å². The molecular weight excluding hydrogens is 436 g/mol. The molecule has 3 aromatic carbocycles. The van der Waals surface area contributed by atoms with E-state index < -0.39 is 11.9 Å². The summed E-state index contributed by atoms with van der Waals surface area (Å²) in [6, 6.07) is 19.1.